The van der Waals surface area contributed by atoms with Crippen molar-refractivity contribution in [1.82, 2.24) is 0 Å². The second-order valence-electron chi connectivity index (χ2n) is 17.8. The van der Waals surface area contributed by atoms with Gasteiger partial charge in [-0.2, -0.15) is 0 Å². The van der Waals surface area contributed by atoms with E-state index in [0.717, 1.165) is 103 Å². The third-order valence-electron chi connectivity index (χ3n) is 11.5. The molecule has 0 saturated heterocycles. The molecular formula is C58H100O6. The van der Waals surface area contributed by atoms with Crippen molar-refractivity contribution in [3.8, 4) is 0 Å². The molecule has 6 nitrogen and oxygen atoms in total. The molecule has 1 atom stereocenters. The van der Waals surface area contributed by atoms with Crippen molar-refractivity contribution in [2.24, 2.45) is 0 Å². The molecule has 0 N–H and O–H groups in total. The molecule has 368 valence electrons. The summed E-state index contributed by atoms with van der Waals surface area (Å²) in [7, 11) is 0. The van der Waals surface area contributed by atoms with Crippen molar-refractivity contribution in [2.75, 3.05) is 13.2 Å². The Labute approximate surface area is 395 Å². The zero-order valence-electron chi connectivity index (χ0n) is 42.0. The minimum absolute atomic E-state index is 0.0752. The van der Waals surface area contributed by atoms with Crippen molar-refractivity contribution in [2.45, 2.75) is 264 Å². The van der Waals surface area contributed by atoms with E-state index in [1.54, 1.807) is 0 Å². The summed E-state index contributed by atoms with van der Waals surface area (Å²) in [5.74, 6) is -0.887. The van der Waals surface area contributed by atoms with Gasteiger partial charge in [0.05, 0.1) is 0 Å². The molecule has 0 aromatic rings. The van der Waals surface area contributed by atoms with Gasteiger partial charge in [0.2, 0.25) is 0 Å². The highest BCUT2D eigenvalue weighted by atomic mass is 16.6. The fourth-order valence-electron chi connectivity index (χ4n) is 7.45. The number of ether oxygens (including phenoxy) is 3. The maximum absolute atomic E-state index is 12.7. The van der Waals surface area contributed by atoms with Crippen LogP contribution in [0.15, 0.2) is 72.9 Å². The molecule has 0 spiro atoms. The molecule has 1 unspecified atom stereocenters. The van der Waals surface area contributed by atoms with Crippen molar-refractivity contribution in [3.05, 3.63) is 72.9 Å². The molecule has 0 radical (unpaired) electrons. The van der Waals surface area contributed by atoms with Gasteiger partial charge in [-0.05, 0) is 70.6 Å². The minimum atomic E-state index is -0.772. The van der Waals surface area contributed by atoms with Gasteiger partial charge >= 0.3 is 17.9 Å². The lowest BCUT2D eigenvalue weighted by atomic mass is 10.0. The van der Waals surface area contributed by atoms with E-state index in [1.165, 1.54) is 116 Å². The molecule has 0 bridgehead atoms. The lowest BCUT2D eigenvalue weighted by Crippen LogP contribution is -2.30. The van der Waals surface area contributed by atoms with Crippen LogP contribution in [0, 0.1) is 0 Å². The standard InChI is InChI=1S/C58H100O6/c1-4-7-10-13-16-18-20-22-23-24-25-26-27-28-29-30-31-32-33-34-35-36-38-39-42-45-48-51-57(60)63-54-55(53-62-56(59)50-47-44-41-15-12-9-6-3)64-58(61)52-49-46-43-40-37-21-19-17-14-11-8-5-2/h7,10,16,18,22-23,25-26,28-29,31-32,55H,4-6,8-9,11-15,17,19-21,24,27,30,33-54H2,1-3H3/b10-7-,18-16-,23-22-,26-25-,29-28-,32-31-. The molecule has 0 aromatic heterocycles. The van der Waals surface area contributed by atoms with Gasteiger partial charge in [-0.15, -0.1) is 0 Å². The molecule has 64 heavy (non-hydrogen) atoms. The maximum Gasteiger partial charge on any atom is 0.306 e. The van der Waals surface area contributed by atoms with Crippen LogP contribution in [0.5, 0.6) is 0 Å². The predicted molar refractivity (Wildman–Crippen MR) is 274 cm³/mol. The first-order chi connectivity index (χ1) is 31.5. The SMILES string of the molecule is CC/C=C\C/C=C\C/C=C\C/C=C\C/C=C\C/C=C\CCCCCCCCCCC(=O)OCC(COC(=O)CCCCCCCCC)OC(=O)CCCCCCCCCCCCCC. The first-order valence-electron chi connectivity index (χ1n) is 26.9. The normalized spacial score (nSPS) is 12.6. The fraction of sp³-hybridized carbons (Fsp3) is 0.741. The van der Waals surface area contributed by atoms with Gasteiger partial charge in [-0.3, -0.25) is 14.4 Å². The van der Waals surface area contributed by atoms with E-state index >= 15 is 0 Å². The van der Waals surface area contributed by atoms with Crippen molar-refractivity contribution in [3.63, 3.8) is 0 Å². The number of allylic oxidation sites excluding steroid dienone is 12. The Morgan fingerprint density at radius 2 is 0.609 bits per heavy atom. The first kappa shape index (κ1) is 60.9. The van der Waals surface area contributed by atoms with E-state index in [2.05, 4.69) is 93.7 Å². The van der Waals surface area contributed by atoms with Crippen LogP contribution in [0.3, 0.4) is 0 Å². The van der Waals surface area contributed by atoms with Gasteiger partial charge in [-0.25, -0.2) is 0 Å². The van der Waals surface area contributed by atoms with Gasteiger partial charge in [0.15, 0.2) is 6.10 Å². The molecule has 0 saturated carbocycles. The molecular weight excluding hydrogens is 793 g/mol. The van der Waals surface area contributed by atoms with E-state index in [9.17, 15) is 14.4 Å². The quantitative estimate of drug-likeness (QED) is 0.0262. The Bertz CT molecular complexity index is 1210. The smallest absolute Gasteiger partial charge is 0.306 e. The highest BCUT2D eigenvalue weighted by Gasteiger charge is 2.19. The number of carbonyl (C=O) groups excluding carboxylic acids is 3. The minimum Gasteiger partial charge on any atom is -0.462 e. The van der Waals surface area contributed by atoms with Gasteiger partial charge in [0.1, 0.15) is 13.2 Å². The zero-order chi connectivity index (χ0) is 46.5. The molecule has 0 heterocycles. The number of unbranched alkanes of at least 4 members (excludes halogenated alkanes) is 25. The van der Waals surface area contributed by atoms with Gasteiger partial charge in [0, 0.05) is 19.3 Å². The summed E-state index contributed by atoms with van der Waals surface area (Å²) in [6, 6.07) is 0. The lowest BCUT2D eigenvalue weighted by Gasteiger charge is -2.18. The van der Waals surface area contributed by atoms with Crippen molar-refractivity contribution < 1.29 is 28.6 Å². The number of carbonyl (C=O) groups is 3. The molecule has 6 heteroatoms. The Hall–Kier alpha value is -3.15. The molecule has 0 aromatic carbocycles. The van der Waals surface area contributed by atoms with Crippen molar-refractivity contribution >= 4 is 17.9 Å². The summed E-state index contributed by atoms with van der Waals surface area (Å²) < 4.78 is 16.7. The summed E-state index contributed by atoms with van der Waals surface area (Å²) >= 11 is 0. The number of hydrogen-bond donors (Lipinski definition) is 0. The van der Waals surface area contributed by atoms with Crippen LogP contribution in [0.25, 0.3) is 0 Å². The highest BCUT2D eigenvalue weighted by molar-refractivity contribution is 5.71. The summed E-state index contributed by atoms with van der Waals surface area (Å²) in [4.78, 5) is 37.8. The molecule has 0 rings (SSSR count). The molecule has 0 aliphatic rings. The second-order valence-corrected chi connectivity index (χ2v) is 17.8. The maximum atomic E-state index is 12.7. The van der Waals surface area contributed by atoms with Crippen LogP contribution in [0.4, 0.5) is 0 Å². The van der Waals surface area contributed by atoms with E-state index < -0.39 is 6.10 Å². The van der Waals surface area contributed by atoms with E-state index in [-0.39, 0.29) is 31.1 Å². The largest absolute Gasteiger partial charge is 0.462 e. The first-order valence-corrected chi connectivity index (χ1v) is 26.9. The van der Waals surface area contributed by atoms with Crippen LogP contribution < -0.4 is 0 Å². The van der Waals surface area contributed by atoms with Crippen LogP contribution >= 0.6 is 0 Å². The summed E-state index contributed by atoms with van der Waals surface area (Å²) in [6.45, 7) is 6.48. The Morgan fingerprint density at radius 3 is 0.953 bits per heavy atom. The Balaban J connectivity index is 4.15. The van der Waals surface area contributed by atoms with Crippen LogP contribution in [-0.2, 0) is 28.6 Å². The van der Waals surface area contributed by atoms with Crippen LogP contribution in [0.2, 0.25) is 0 Å². The monoisotopic (exact) mass is 893 g/mol. The zero-order valence-corrected chi connectivity index (χ0v) is 42.0. The van der Waals surface area contributed by atoms with E-state index in [0.29, 0.717) is 19.3 Å². The molecule has 0 amide bonds. The van der Waals surface area contributed by atoms with Gasteiger partial charge in [0.25, 0.3) is 0 Å². The average Bonchev–Trinajstić information content (AvgIpc) is 3.29. The second kappa shape index (κ2) is 52.5. The Kier molecular flexibility index (Phi) is 49.9. The number of esters is 3. The third kappa shape index (κ3) is 49.9. The predicted octanol–water partition coefficient (Wildman–Crippen LogP) is 17.8. The third-order valence-corrected chi connectivity index (χ3v) is 11.5. The number of hydrogen-bond acceptors (Lipinski definition) is 6. The Morgan fingerprint density at radius 1 is 0.328 bits per heavy atom. The highest BCUT2D eigenvalue weighted by Crippen LogP contribution is 2.15. The average molecular weight is 893 g/mol. The number of rotatable bonds is 48. The summed E-state index contributed by atoms with van der Waals surface area (Å²) in [6.07, 6.45) is 66.2. The van der Waals surface area contributed by atoms with Crippen molar-refractivity contribution in [1.29, 1.82) is 0 Å². The summed E-state index contributed by atoms with van der Waals surface area (Å²) in [5.41, 5.74) is 0. The van der Waals surface area contributed by atoms with E-state index in [4.69, 9.17) is 14.2 Å². The van der Waals surface area contributed by atoms with Crippen LogP contribution in [0.1, 0.15) is 258 Å². The lowest BCUT2D eigenvalue weighted by molar-refractivity contribution is -0.167. The molecule has 0 aliphatic carbocycles. The topological polar surface area (TPSA) is 78.9 Å². The van der Waals surface area contributed by atoms with Gasteiger partial charge in [-0.1, -0.05) is 241 Å². The molecule has 0 aliphatic heterocycles. The van der Waals surface area contributed by atoms with Gasteiger partial charge < -0.3 is 14.2 Å². The van der Waals surface area contributed by atoms with Crippen LogP contribution in [-0.4, -0.2) is 37.2 Å². The van der Waals surface area contributed by atoms with E-state index in [1.807, 2.05) is 0 Å². The molecule has 0 fully saturated rings. The summed E-state index contributed by atoms with van der Waals surface area (Å²) in [5, 5.41) is 0. The fourth-order valence-corrected chi connectivity index (χ4v) is 7.45.